The van der Waals surface area contributed by atoms with Gasteiger partial charge in [-0.1, -0.05) is 23.7 Å². The predicted octanol–water partition coefficient (Wildman–Crippen LogP) is 1.60. The third-order valence-corrected chi connectivity index (χ3v) is 3.34. The second kappa shape index (κ2) is 5.50. The molecule has 1 N–H and O–H groups in total. The Kier molecular flexibility index (Phi) is 3.57. The number of piperazine rings is 1. The van der Waals surface area contributed by atoms with E-state index < -0.39 is 0 Å². The average Bonchev–Trinajstić information content (AvgIpc) is 2.49. The summed E-state index contributed by atoms with van der Waals surface area (Å²) in [7, 11) is 0. The summed E-state index contributed by atoms with van der Waals surface area (Å²) in [5, 5.41) is 12.2. The monoisotopic (exact) mass is 275 g/mol. The molecule has 1 aromatic carbocycles. The standard InChI is InChI=1S/C13H14ClN5/c14-11-3-1-10(2-4-11)12-9-16-18-13(17-12)19-7-5-15-6-8-19/h1-4,9,15H,5-8H2. The minimum atomic E-state index is 0.689. The molecule has 0 aliphatic carbocycles. The van der Waals surface area contributed by atoms with Crippen LogP contribution in [0.5, 0.6) is 0 Å². The molecule has 1 fully saturated rings. The predicted molar refractivity (Wildman–Crippen MR) is 75.4 cm³/mol. The molecule has 19 heavy (non-hydrogen) atoms. The molecule has 0 atom stereocenters. The van der Waals surface area contributed by atoms with Crippen LogP contribution in [-0.4, -0.2) is 41.4 Å². The molecule has 0 bridgehead atoms. The number of hydrogen-bond acceptors (Lipinski definition) is 5. The largest absolute Gasteiger partial charge is 0.337 e. The fourth-order valence-electron chi connectivity index (χ4n) is 2.05. The lowest BCUT2D eigenvalue weighted by Crippen LogP contribution is -2.44. The zero-order valence-electron chi connectivity index (χ0n) is 10.4. The second-order valence-corrected chi connectivity index (χ2v) is 4.82. The van der Waals surface area contributed by atoms with E-state index in [9.17, 15) is 0 Å². The summed E-state index contributed by atoms with van der Waals surface area (Å²) in [4.78, 5) is 6.72. The molecule has 1 aliphatic heterocycles. The van der Waals surface area contributed by atoms with E-state index in [0.29, 0.717) is 11.0 Å². The van der Waals surface area contributed by atoms with Gasteiger partial charge in [-0.05, 0) is 12.1 Å². The molecule has 5 nitrogen and oxygen atoms in total. The molecule has 98 valence electrons. The van der Waals surface area contributed by atoms with Crippen LogP contribution >= 0.6 is 11.6 Å². The summed E-state index contributed by atoms with van der Waals surface area (Å²) in [6.45, 7) is 3.72. The van der Waals surface area contributed by atoms with Gasteiger partial charge in [-0.2, -0.15) is 5.10 Å². The van der Waals surface area contributed by atoms with Crippen molar-refractivity contribution >= 4 is 17.5 Å². The van der Waals surface area contributed by atoms with Crippen molar-refractivity contribution in [2.45, 2.75) is 0 Å². The first kappa shape index (κ1) is 12.3. The number of aromatic nitrogens is 3. The number of halogens is 1. The zero-order valence-corrected chi connectivity index (χ0v) is 11.1. The SMILES string of the molecule is Clc1ccc(-c2cnnc(N3CCNCC3)n2)cc1. The van der Waals surface area contributed by atoms with E-state index in [4.69, 9.17) is 11.6 Å². The maximum Gasteiger partial charge on any atom is 0.245 e. The normalized spacial score (nSPS) is 15.5. The number of rotatable bonds is 2. The molecule has 0 radical (unpaired) electrons. The highest BCUT2D eigenvalue weighted by Crippen LogP contribution is 2.20. The highest BCUT2D eigenvalue weighted by Gasteiger charge is 2.14. The Bertz CT molecular complexity index is 551. The van der Waals surface area contributed by atoms with Crippen LogP contribution in [0.25, 0.3) is 11.3 Å². The smallest absolute Gasteiger partial charge is 0.245 e. The number of hydrogen-bond donors (Lipinski definition) is 1. The lowest BCUT2D eigenvalue weighted by molar-refractivity contribution is 0.577. The van der Waals surface area contributed by atoms with Crippen molar-refractivity contribution in [3.8, 4) is 11.3 Å². The van der Waals surface area contributed by atoms with Crippen molar-refractivity contribution in [3.05, 3.63) is 35.5 Å². The summed E-state index contributed by atoms with van der Waals surface area (Å²) in [5.41, 5.74) is 1.82. The molecule has 0 spiro atoms. The van der Waals surface area contributed by atoms with Gasteiger partial charge in [-0.15, -0.1) is 5.10 Å². The molecular weight excluding hydrogens is 262 g/mol. The van der Waals surface area contributed by atoms with Crippen LogP contribution in [0, 0.1) is 0 Å². The minimum absolute atomic E-state index is 0.689. The number of nitrogens with one attached hydrogen (secondary N) is 1. The van der Waals surface area contributed by atoms with E-state index in [1.165, 1.54) is 0 Å². The Hall–Kier alpha value is -1.72. The van der Waals surface area contributed by atoms with Crippen molar-refractivity contribution in [1.29, 1.82) is 0 Å². The molecule has 1 saturated heterocycles. The third kappa shape index (κ3) is 2.83. The second-order valence-electron chi connectivity index (χ2n) is 4.39. The van der Waals surface area contributed by atoms with Crippen molar-refractivity contribution in [1.82, 2.24) is 20.5 Å². The van der Waals surface area contributed by atoms with Crippen LogP contribution in [0.15, 0.2) is 30.5 Å². The Morgan fingerprint density at radius 2 is 1.84 bits per heavy atom. The first-order valence-electron chi connectivity index (χ1n) is 6.24. The molecular formula is C13H14ClN5. The maximum atomic E-state index is 5.89. The van der Waals surface area contributed by atoms with Crippen LogP contribution in [0.4, 0.5) is 5.95 Å². The zero-order chi connectivity index (χ0) is 13.1. The highest BCUT2D eigenvalue weighted by atomic mass is 35.5. The van der Waals surface area contributed by atoms with Crippen LogP contribution in [0.2, 0.25) is 5.02 Å². The van der Waals surface area contributed by atoms with Crippen molar-refractivity contribution in [2.75, 3.05) is 31.1 Å². The quantitative estimate of drug-likeness (QED) is 0.902. The van der Waals surface area contributed by atoms with E-state index >= 15 is 0 Å². The molecule has 0 unspecified atom stereocenters. The molecule has 6 heteroatoms. The molecule has 2 aromatic rings. The Labute approximate surface area is 116 Å². The van der Waals surface area contributed by atoms with Gasteiger partial charge in [-0.25, -0.2) is 4.98 Å². The van der Waals surface area contributed by atoms with Crippen molar-refractivity contribution in [3.63, 3.8) is 0 Å². The van der Waals surface area contributed by atoms with Gasteiger partial charge >= 0.3 is 0 Å². The molecule has 1 aliphatic rings. The summed E-state index contributed by atoms with van der Waals surface area (Å²) in [6.07, 6.45) is 1.68. The summed E-state index contributed by atoms with van der Waals surface area (Å²) < 4.78 is 0. The van der Waals surface area contributed by atoms with Gasteiger partial charge in [0.15, 0.2) is 0 Å². The fraction of sp³-hybridized carbons (Fsp3) is 0.308. The van der Waals surface area contributed by atoms with E-state index in [2.05, 4.69) is 25.4 Å². The van der Waals surface area contributed by atoms with E-state index in [-0.39, 0.29) is 0 Å². The lowest BCUT2D eigenvalue weighted by Gasteiger charge is -2.26. The summed E-state index contributed by atoms with van der Waals surface area (Å²) in [6, 6.07) is 7.58. The Balaban J connectivity index is 1.88. The van der Waals surface area contributed by atoms with Gasteiger partial charge in [0.25, 0.3) is 0 Å². The first-order chi connectivity index (χ1) is 9.33. The summed E-state index contributed by atoms with van der Waals surface area (Å²) in [5.74, 6) is 0.689. The van der Waals surface area contributed by atoms with Gasteiger partial charge in [-0.3, -0.25) is 0 Å². The fourth-order valence-corrected chi connectivity index (χ4v) is 2.18. The first-order valence-corrected chi connectivity index (χ1v) is 6.62. The van der Waals surface area contributed by atoms with Gasteiger partial charge in [0.1, 0.15) is 0 Å². The van der Waals surface area contributed by atoms with Gasteiger partial charge in [0.2, 0.25) is 5.95 Å². The van der Waals surface area contributed by atoms with E-state index in [1.54, 1.807) is 6.20 Å². The van der Waals surface area contributed by atoms with Crippen LogP contribution in [0.1, 0.15) is 0 Å². The number of nitrogens with zero attached hydrogens (tertiary/aromatic N) is 4. The molecule has 2 heterocycles. The molecule has 0 saturated carbocycles. The topological polar surface area (TPSA) is 53.9 Å². The third-order valence-electron chi connectivity index (χ3n) is 3.09. The molecule has 0 amide bonds. The highest BCUT2D eigenvalue weighted by molar-refractivity contribution is 6.30. The van der Waals surface area contributed by atoms with E-state index in [1.807, 2.05) is 24.3 Å². The van der Waals surface area contributed by atoms with Gasteiger partial charge in [0, 0.05) is 36.8 Å². The van der Waals surface area contributed by atoms with Gasteiger partial charge < -0.3 is 10.2 Å². The van der Waals surface area contributed by atoms with Gasteiger partial charge in [0.05, 0.1) is 11.9 Å². The maximum absolute atomic E-state index is 5.89. The average molecular weight is 276 g/mol. The van der Waals surface area contributed by atoms with E-state index in [0.717, 1.165) is 37.4 Å². The van der Waals surface area contributed by atoms with Crippen LogP contribution < -0.4 is 10.2 Å². The Morgan fingerprint density at radius 3 is 2.58 bits per heavy atom. The minimum Gasteiger partial charge on any atom is -0.337 e. The lowest BCUT2D eigenvalue weighted by atomic mass is 10.2. The van der Waals surface area contributed by atoms with Crippen LogP contribution in [-0.2, 0) is 0 Å². The summed E-state index contributed by atoms with van der Waals surface area (Å²) >= 11 is 5.89. The number of anilines is 1. The van der Waals surface area contributed by atoms with Crippen molar-refractivity contribution < 1.29 is 0 Å². The number of benzene rings is 1. The van der Waals surface area contributed by atoms with Crippen molar-refractivity contribution in [2.24, 2.45) is 0 Å². The van der Waals surface area contributed by atoms with Crippen LogP contribution in [0.3, 0.4) is 0 Å². The molecule has 1 aromatic heterocycles. The molecule has 3 rings (SSSR count). The Morgan fingerprint density at radius 1 is 1.11 bits per heavy atom.